The van der Waals surface area contributed by atoms with Crippen molar-refractivity contribution in [2.45, 2.75) is 18.9 Å². The maximum Gasteiger partial charge on any atom is 0.133 e. The van der Waals surface area contributed by atoms with Gasteiger partial charge in [-0.1, -0.05) is 6.07 Å². The molecule has 1 saturated heterocycles. The van der Waals surface area contributed by atoms with Crippen LogP contribution in [0.4, 0.5) is 0 Å². The van der Waals surface area contributed by atoms with Gasteiger partial charge in [0.05, 0.1) is 19.5 Å². The predicted octanol–water partition coefficient (Wildman–Crippen LogP) is 1.20. The number of hydrogen-bond acceptors (Lipinski definition) is 4. The first-order valence-electron chi connectivity index (χ1n) is 7.33. The third-order valence-electron chi connectivity index (χ3n) is 3.91. The number of furan rings is 1. The highest BCUT2D eigenvalue weighted by Crippen LogP contribution is 2.17. The molecule has 1 fully saturated rings. The highest BCUT2D eigenvalue weighted by Gasteiger charge is 2.17. The van der Waals surface area contributed by atoms with E-state index in [-0.39, 0.29) is 5.48 Å². The van der Waals surface area contributed by atoms with Crippen LogP contribution in [0, 0.1) is 0 Å². The second-order valence-corrected chi connectivity index (χ2v) is 5.50. The van der Waals surface area contributed by atoms with E-state index in [9.17, 15) is 0 Å². The third kappa shape index (κ3) is 4.28. The number of nitrogens with zero attached hydrogens (tertiary/aromatic N) is 1. The molecule has 5 nitrogen and oxygen atoms in total. The number of rotatable bonds is 6. The third-order valence-corrected chi connectivity index (χ3v) is 3.91. The van der Waals surface area contributed by atoms with Crippen molar-refractivity contribution in [1.82, 2.24) is 4.90 Å². The lowest BCUT2D eigenvalue weighted by molar-refractivity contribution is 0.113. The van der Waals surface area contributed by atoms with Crippen molar-refractivity contribution in [2.75, 3.05) is 32.8 Å². The van der Waals surface area contributed by atoms with Crippen LogP contribution in [0.1, 0.15) is 12.0 Å². The van der Waals surface area contributed by atoms with E-state index in [0.717, 1.165) is 56.7 Å². The molecular weight excluding hydrogens is 268 g/mol. The van der Waals surface area contributed by atoms with Crippen LogP contribution in [0.5, 0.6) is 0 Å². The van der Waals surface area contributed by atoms with Crippen molar-refractivity contribution in [3.8, 4) is 0 Å². The Morgan fingerprint density at radius 1 is 1.29 bits per heavy atom. The van der Waals surface area contributed by atoms with Gasteiger partial charge in [-0.05, 0) is 43.1 Å². The van der Waals surface area contributed by atoms with Crippen molar-refractivity contribution in [3.63, 3.8) is 0 Å². The predicted molar refractivity (Wildman–Crippen MR) is 83.4 cm³/mol. The number of likely N-dealkylation sites (tertiary alicyclic amines) is 1. The standard InChI is InChI=1S/C16H22N2O2.H2O/c17-15-3-6-18(12-15)7-10-19-8-4-13-1-2-16-14(11-13)5-9-20-16;/h1-2,5,9,11,15H,3-4,6-8,10,12,17H2;1H2. The van der Waals surface area contributed by atoms with E-state index in [4.69, 9.17) is 14.9 Å². The fraction of sp³-hybridized carbons (Fsp3) is 0.500. The van der Waals surface area contributed by atoms with Crippen LogP contribution in [-0.2, 0) is 11.2 Å². The van der Waals surface area contributed by atoms with E-state index < -0.39 is 0 Å². The monoisotopic (exact) mass is 292 g/mol. The Labute approximate surface area is 125 Å². The van der Waals surface area contributed by atoms with Gasteiger partial charge in [0.2, 0.25) is 0 Å². The van der Waals surface area contributed by atoms with E-state index in [2.05, 4.69) is 17.0 Å². The first kappa shape index (κ1) is 16.0. The smallest absolute Gasteiger partial charge is 0.133 e. The van der Waals surface area contributed by atoms with Crippen molar-refractivity contribution in [1.29, 1.82) is 0 Å². The number of nitrogens with two attached hydrogens (primary N) is 1. The van der Waals surface area contributed by atoms with Gasteiger partial charge in [-0.3, -0.25) is 4.90 Å². The van der Waals surface area contributed by atoms with Crippen LogP contribution in [0.25, 0.3) is 11.0 Å². The lowest BCUT2D eigenvalue weighted by Gasteiger charge is -2.14. The second-order valence-electron chi connectivity index (χ2n) is 5.50. The quantitative estimate of drug-likeness (QED) is 0.811. The molecule has 0 amide bonds. The molecule has 0 saturated carbocycles. The van der Waals surface area contributed by atoms with Crippen LogP contribution in [-0.4, -0.2) is 49.3 Å². The molecule has 21 heavy (non-hydrogen) atoms. The molecule has 2 heterocycles. The highest BCUT2D eigenvalue weighted by molar-refractivity contribution is 5.77. The lowest BCUT2D eigenvalue weighted by Crippen LogP contribution is -2.29. The zero-order valence-electron chi connectivity index (χ0n) is 12.3. The summed E-state index contributed by atoms with van der Waals surface area (Å²) in [5.74, 6) is 0. The van der Waals surface area contributed by atoms with Gasteiger partial charge < -0.3 is 20.4 Å². The molecule has 1 aromatic heterocycles. The molecule has 1 aliphatic heterocycles. The summed E-state index contributed by atoms with van der Waals surface area (Å²) in [4.78, 5) is 2.38. The maximum absolute atomic E-state index is 5.88. The van der Waals surface area contributed by atoms with Crippen LogP contribution >= 0.6 is 0 Å². The maximum atomic E-state index is 5.88. The van der Waals surface area contributed by atoms with Crippen LogP contribution in [0.15, 0.2) is 34.9 Å². The SMILES string of the molecule is NC1CCN(CCOCCc2ccc3occc3c2)C1.O. The Morgan fingerprint density at radius 3 is 3.00 bits per heavy atom. The molecule has 0 radical (unpaired) electrons. The minimum absolute atomic E-state index is 0. The lowest BCUT2D eigenvalue weighted by atomic mass is 10.1. The Bertz CT molecular complexity index is 555. The molecule has 1 aliphatic rings. The van der Waals surface area contributed by atoms with Crippen molar-refractivity contribution in [3.05, 3.63) is 36.1 Å². The van der Waals surface area contributed by atoms with E-state index in [1.165, 1.54) is 5.56 Å². The Morgan fingerprint density at radius 2 is 2.19 bits per heavy atom. The van der Waals surface area contributed by atoms with E-state index in [1.54, 1.807) is 6.26 Å². The molecule has 1 unspecified atom stereocenters. The molecule has 5 heteroatoms. The Kier molecular flexibility index (Phi) is 5.76. The minimum atomic E-state index is 0. The Balaban J connectivity index is 0.00000161. The topological polar surface area (TPSA) is 83.1 Å². The number of ether oxygens (including phenoxy) is 1. The molecule has 1 aromatic carbocycles. The molecule has 4 N–H and O–H groups in total. The molecule has 0 bridgehead atoms. The van der Waals surface area contributed by atoms with E-state index in [1.807, 2.05) is 12.1 Å². The average molecular weight is 292 g/mol. The van der Waals surface area contributed by atoms with Gasteiger partial charge in [-0.2, -0.15) is 0 Å². The van der Waals surface area contributed by atoms with Gasteiger partial charge in [0.1, 0.15) is 5.58 Å². The fourth-order valence-electron chi connectivity index (χ4n) is 2.72. The van der Waals surface area contributed by atoms with Crippen molar-refractivity contribution in [2.24, 2.45) is 5.73 Å². The summed E-state index contributed by atoms with van der Waals surface area (Å²) >= 11 is 0. The summed E-state index contributed by atoms with van der Waals surface area (Å²) in [5, 5.41) is 1.16. The highest BCUT2D eigenvalue weighted by atomic mass is 16.5. The van der Waals surface area contributed by atoms with Crippen LogP contribution < -0.4 is 5.73 Å². The first-order chi connectivity index (χ1) is 9.81. The minimum Gasteiger partial charge on any atom is -0.464 e. The van der Waals surface area contributed by atoms with E-state index in [0.29, 0.717) is 6.04 Å². The largest absolute Gasteiger partial charge is 0.464 e. The molecular formula is C16H24N2O3. The number of benzene rings is 1. The first-order valence-corrected chi connectivity index (χ1v) is 7.33. The summed E-state index contributed by atoms with van der Waals surface area (Å²) in [7, 11) is 0. The molecule has 116 valence electrons. The molecule has 0 spiro atoms. The fourth-order valence-corrected chi connectivity index (χ4v) is 2.72. The van der Waals surface area contributed by atoms with Crippen LogP contribution in [0.2, 0.25) is 0 Å². The van der Waals surface area contributed by atoms with E-state index >= 15 is 0 Å². The number of hydrogen-bond donors (Lipinski definition) is 1. The Hall–Kier alpha value is -1.40. The summed E-state index contributed by atoms with van der Waals surface area (Å²) in [5.41, 5.74) is 8.12. The van der Waals surface area contributed by atoms with Gasteiger partial charge in [0.25, 0.3) is 0 Å². The molecule has 1 atom stereocenters. The van der Waals surface area contributed by atoms with Gasteiger partial charge in [0.15, 0.2) is 0 Å². The molecule has 2 aromatic rings. The average Bonchev–Trinajstić information content (AvgIpc) is 3.06. The van der Waals surface area contributed by atoms with Gasteiger partial charge >= 0.3 is 0 Å². The summed E-state index contributed by atoms with van der Waals surface area (Å²) in [6.45, 7) is 4.68. The van der Waals surface area contributed by atoms with Gasteiger partial charge in [-0.15, -0.1) is 0 Å². The van der Waals surface area contributed by atoms with Crippen LogP contribution in [0.3, 0.4) is 0 Å². The normalized spacial score (nSPS) is 19.0. The van der Waals surface area contributed by atoms with Crippen molar-refractivity contribution >= 4 is 11.0 Å². The number of fused-ring (bicyclic) bond motifs is 1. The summed E-state index contributed by atoms with van der Waals surface area (Å²) in [6, 6.07) is 8.65. The van der Waals surface area contributed by atoms with Crippen molar-refractivity contribution < 1.29 is 14.6 Å². The molecule has 3 rings (SSSR count). The van der Waals surface area contributed by atoms with Gasteiger partial charge in [0, 0.05) is 24.5 Å². The summed E-state index contributed by atoms with van der Waals surface area (Å²) in [6.07, 6.45) is 3.79. The summed E-state index contributed by atoms with van der Waals surface area (Å²) < 4.78 is 11.1. The zero-order chi connectivity index (χ0) is 13.8. The zero-order valence-corrected chi connectivity index (χ0v) is 12.3. The second kappa shape index (κ2) is 7.56. The van der Waals surface area contributed by atoms with Gasteiger partial charge in [-0.25, -0.2) is 0 Å². The molecule has 0 aliphatic carbocycles.